The SMILES string of the molecule is CCN(c1nc(C)c2c(n1)N(CCC1CCCN1C)CC2)c1c(C)cc(C)cc1C. The van der Waals surface area contributed by atoms with E-state index in [0.717, 1.165) is 43.7 Å². The molecule has 0 radical (unpaired) electrons. The highest BCUT2D eigenvalue weighted by Crippen LogP contribution is 2.35. The molecule has 4 rings (SSSR count). The first-order valence-electron chi connectivity index (χ1n) is 11.6. The maximum Gasteiger partial charge on any atom is 0.232 e. The van der Waals surface area contributed by atoms with Crippen LogP contribution in [0.4, 0.5) is 17.5 Å². The van der Waals surface area contributed by atoms with E-state index in [1.54, 1.807) is 0 Å². The standard InChI is InChI=1S/C25H37N5/c1-7-30(23-18(3)15-17(2)16-19(23)4)25-26-20(5)22-11-14-29(24(22)27-25)13-10-21-9-8-12-28(21)6/h15-16,21H,7-14H2,1-6H3. The first kappa shape index (κ1) is 21.1. The minimum atomic E-state index is 0.724. The van der Waals surface area contributed by atoms with E-state index in [2.05, 4.69) is 68.5 Å². The van der Waals surface area contributed by atoms with Gasteiger partial charge in [0.05, 0.1) is 0 Å². The number of hydrogen-bond donors (Lipinski definition) is 0. The molecular weight excluding hydrogens is 370 g/mol. The number of rotatable bonds is 6. The Balaban J connectivity index is 1.63. The number of anilines is 3. The molecule has 0 bridgehead atoms. The van der Waals surface area contributed by atoms with Crippen LogP contribution in [0.3, 0.4) is 0 Å². The molecule has 0 N–H and O–H groups in total. The van der Waals surface area contributed by atoms with Crippen molar-refractivity contribution in [1.82, 2.24) is 14.9 Å². The molecule has 1 aromatic carbocycles. The first-order chi connectivity index (χ1) is 14.4. The number of hydrogen-bond acceptors (Lipinski definition) is 5. The highest BCUT2D eigenvalue weighted by Gasteiger charge is 2.28. The lowest BCUT2D eigenvalue weighted by Gasteiger charge is -2.28. The van der Waals surface area contributed by atoms with Crippen LogP contribution in [0.15, 0.2) is 12.1 Å². The van der Waals surface area contributed by atoms with Crippen LogP contribution >= 0.6 is 0 Å². The van der Waals surface area contributed by atoms with Gasteiger partial charge in [0.15, 0.2) is 0 Å². The van der Waals surface area contributed by atoms with Crippen molar-refractivity contribution in [3.63, 3.8) is 0 Å². The lowest BCUT2D eigenvalue weighted by Crippen LogP contribution is -2.31. The monoisotopic (exact) mass is 407 g/mol. The second-order valence-corrected chi connectivity index (χ2v) is 9.21. The van der Waals surface area contributed by atoms with Gasteiger partial charge in [-0.3, -0.25) is 0 Å². The van der Waals surface area contributed by atoms with E-state index in [1.807, 2.05) is 0 Å². The molecule has 0 amide bonds. The highest BCUT2D eigenvalue weighted by atomic mass is 15.3. The number of likely N-dealkylation sites (tertiary alicyclic amines) is 1. The Kier molecular flexibility index (Phi) is 6.01. The van der Waals surface area contributed by atoms with Gasteiger partial charge in [0.2, 0.25) is 5.95 Å². The summed E-state index contributed by atoms with van der Waals surface area (Å²) in [5.41, 5.74) is 7.61. The molecule has 2 aliphatic heterocycles. The minimum absolute atomic E-state index is 0.724. The Morgan fingerprint density at radius 3 is 2.43 bits per heavy atom. The fourth-order valence-electron chi connectivity index (χ4n) is 5.46. The molecule has 0 saturated carbocycles. The number of benzene rings is 1. The Bertz CT molecular complexity index is 899. The van der Waals surface area contributed by atoms with Crippen LogP contribution in [-0.2, 0) is 6.42 Å². The molecule has 0 spiro atoms. The zero-order valence-electron chi connectivity index (χ0n) is 19.6. The van der Waals surface area contributed by atoms with Crippen LogP contribution in [0.1, 0.15) is 54.1 Å². The van der Waals surface area contributed by atoms with Gasteiger partial charge < -0.3 is 14.7 Å². The summed E-state index contributed by atoms with van der Waals surface area (Å²) in [6, 6.07) is 5.24. The summed E-state index contributed by atoms with van der Waals surface area (Å²) in [4.78, 5) is 17.4. The van der Waals surface area contributed by atoms with Crippen LogP contribution in [0, 0.1) is 27.7 Å². The fourth-order valence-corrected chi connectivity index (χ4v) is 5.46. The van der Waals surface area contributed by atoms with Gasteiger partial charge in [-0.2, -0.15) is 4.98 Å². The zero-order valence-corrected chi connectivity index (χ0v) is 19.6. The molecule has 1 unspecified atom stereocenters. The van der Waals surface area contributed by atoms with Gasteiger partial charge in [-0.15, -0.1) is 0 Å². The number of fused-ring (bicyclic) bond motifs is 1. The summed E-state index contributed by atoms with van der Waals surface area (Å²) >= 11 is 0. The van der Waals surface area contributed by atoms with Gasteiger partial charge in [0.25, 0.3) is 0 Å². The molecule has 5 heteroatoms. The van der Waals surface area contributed by atoms with Gasteiger partial charge in [-0.25, -0.2) is 4.98 Å². The quantitative estimate of drug-likeness (QED) is 0.693. The van der Waals surface area contributed by atoms with Crippen molar-refractivity contribution in [3.05, 3.63) is 40.1 Å². The highest BCUT2D eigenvalue weighted by molar-refractivity contribution is 5.68. The van der Waals surface area contributed by atoms with Crippen molar-refractivity contribution < 1.29 is 0 Å². The Labute approximate surface area is 182 Å². The zero-order chi connectivity index (χ0) is 21.4. The molecule has 1 aromatic heterocycles. The van der Waals surface area contributed by atoms with Crippen molar-refractivity contribution in [3.8, 4) is 0 Å². The fraction of sp³-hybridized carbons (Fsp3) is 0.600. The van der Waals surface area contributed by atoms with Gasteiger partial charge >= 0.3 is 0 Å². The topological polar surface area (TPSA) is 35.5 Å². The van der Waals surface area contributed by atoms with Crippen LogP contribution in [0.5, 0.6) is 0 Å². The molecule has 1 fully saturated rings. The van der Waals surface area contributed by atoms with E-state index < -0.39 is 0 Å². The predicted molar refractivity (Wildman–Crippen MR) is 126 cm³/mol. The summed E-state index contributed by atoms with van der Waals surface area (Å²) in [6.45, 7) is 15.2. The van der Waals surface area contributed by atoms with Crippen LogP contribution in [0.25, 0.3) is 0 Å². The lowest BCUT2D eigenvalue weighted by atomic mass is 10.0. The van der Waals surface area contributed by atoms with Crippen LogP contribution < -0.4 is 9.80 Å². The molecular formula is C25H37N5. The Hall–Kier alpha value is -2.14. The second-order valence-electron chi connectivity index (χ2n) is 9.21. The number of aryl methyl sites for hydroxylation is 4. The first-order valence-corrected chi connectivity index (χ1v) is 11.6. The van der Waals surface area contributed by atoms with Crippen molar-refractivity contribution in [2.75, 3.05) is 43.0 Å². The van der Waals surface area contributed by atoms with E-state index in [9.17, 15) is 0 Å². The molecule has 1 atom stereocenters. The van der Waals surface area contributed by atoms with Crippen LogP contribution in [0.2, 0.25) is 0 Å². The van der Waals surface area contributed by atoms with Crippen molar-refractivity contribution >= 4 is 17.5 Å². The Morgan fingerprint density at radius 2 is 1.80 bits per heavy atom. The minimum Gasteiger partial charge on any atom is -0.356 e. The smallest absolute Gasteiger partial charge is 0.232 e. The van der Waals surface area contributed by atoms with Gasteiger partial charge in [0.1, 0.15) is 5.82 Å². The third-order valence-corrected chi connectivity index (χ3v) is 6.98. The molecule has 30 heavy (non-hydrogen) atoms. The molecule has 2 aromatic rings. The van der Waals surface area contributed by atoms with Gasteiger partial charge in [-0.1, -0.05) is 17.7 Å². The van der Waals surface area contributed by atoms with E-state index in [0.29, 0.717) is 0 Å². The summed E-state index contributed by atoms with van der Waals surface area (Å²) in [5, 5.41) is 0. The summed E-state index contributed by atoms with van der Waals surface area (Å²) in [7, 11) is 2.27. The summed E-state index contributed by atoms with van der Waals surface area (Å²) < 4.78 is 0. The Morgan fingerprint density at radius 1 is 1.07 bits per heavy atom. The van der Waals surface area contributed by atoms with Gasteiger partial charge in [-0.05, 0) is 85.0 Å². The van der Waals surface area contributed by atoms with E-state index in [-0.39, 0.29) is 0 Å². The van der Waals surface area contributed by atoms with Crippen molar-refractivity contribution in [2.45, 2.75) is 66.3 Å². The molecule has 1 saturated heterocycles. The molecule has 3 heterocycles. The molecule has 5 nitrogen and oxygen atoms in total. The third kappa shape index (κ3) is 3.92. The summed E-state index contributed by atoms with van der Waals surface area (Å²) in [6.07, 6.45) is 4.96. The maximum absolute atomic E-state index is 5.14. The van der Waals surface area contributed by atoms with E-state index in [1.165, 1.54) is 59.6 Å². The largest absolute Gasteiger partial charge is 0.356 e. The molecule has 2 aliphatic rings. The predicted octanol–water partition coefficient (Wildman–Crippen LogP) is 4.72. The molecule has 0 aliphatic carbocycles. The number of nitrogens with zero attached hydrogens (tertiary/aromatic N) is 5. The van der Waals surface area contributed by atoms with Crippen LogP contribution in [-0.4, -0.2) is 54.1 Å². The molecule has 162 valence electrons. The van der Waals surface area contributed by atoms with Crippen molar-refractivity contribution in [2.24, 2.45) is 0 Å². The third-order valence-electron chi connectivity index (χ3n) is 6.98. The average molecular weight is 408 g/mol. The number of aromatic nitrogens is 2. The van der Waals surface area contributed by atoms with E-state index in [4.69, 9.17) is 9.97 Å². The van der Waals surface area contributed by atoms with Crippen molar-refractivity contribution in [1.29, 1.82) is 0 Å². The van der Waals surface area contributed by atoms with E-state index >= 15 is 0 Å². The maximum atomic E-state index is 5.14. The summed E-state index contributed by atoms with van der Waals surface area (Å²) in [5.74, 6) is 2.01. The second kappa shape index (κ2) is 8.54. The normalized spacial score (nSPS) is 18.9. The average Bonchev–Trinajstić information content (AvgIpc) is 3.28. The van der Waals surface area contributed by atoms with Gasteiger partial charge in [0, 0.05) is 42.6 Å². The lowest BCUT2D eigenvalue weighted by molar-refractivity contribution is 0.298.